The third kappa shape index (κ3) is 3.44. The van der Waals surface area contributed by atoms with E-state index in [4.69, 9.17) is 11.6 Å². The Labute approximate surface area is 113 Å². The molecule has 4 heteroatoms. The molecule has 2 atom stereocenters. The van der Waals surface area contributed by atoms with Crippen molar-refractivity contribution in [1.82, 2.24) is 10.2 Å². The lowest BCUT2D eigenvalue weighted by Crippen LogP contribution is -2.51. The summed E-state index contributed by atoms with van der Waals surface area (Å²) < 4.78 is 0.895. The van der Waals surface area contributed by atoms with Crippen LogP contribution in [0.2, 0.25) is 4.34 Å². The van der Waals surface area contributed by atoms with Crippen molar-refractivity contribution < 1.29 is 0 Å². The van der Waals surface area contributed by atoms with Gasteiger partial charge >= 0.3 is 0 Å². The van der Waals surface area contributed by atoms with Crippen LogP contribution in [0.3, 0.4) is 0 Å². The van der Waals surface area contributed by atoms with Gasteiger partial charge in [-0.15, -0.1) is 11.3 Å². The van der Waals surface area contributed by atoms with Crippen LogP contribution >= 0.6 is 22.9 Å². The quantitative estimate of drug-likeness (QED) is 0.902. The third-order valence-electron chi connectivity index (χ3n) is 3.48. The van der Waals surface area contributed by atoms with Gasteiger partial charge in [0.25, 0.3) is 0 Å². The predicted molar refractivity (Wildman–Crippen MR) is 76.0 cm³/mol. The first-order valence-electron chi connectivity index (χ1n) is 6.43. The number of hydrogen-bond acceptors (Lipinski definition) is 3. The van der Waals surface area contributed by atoms with Gasteiger partial charge in [-0.1, -0.05) is 24.9 Å². The predicted octanol–water partition coefficient (Wildman–Crippen LogP) is 3.54. The van der Waals surface area contributed by atoms with E-state index in [1.807, 2.05) is 6.07 Å². The van der Waals surface area contributed by atoms with Crippen molar-refractivity contribution in [3.8, 4) is 0 Å². The number of thiophene rings is 1. The Morgan fingerprint density at radius 2 is 2.41 bits per heavy atom. The molecule has 17 heavy (non-hydrogen) atoms. The minimum Gasteiger partial charge on any atom is -0.311 e. The van der Waals surface area contributed by atoms with Crippen LogP contribution in [0.15, 0.2) is 12.1 Å². The molecule has 1 aliphatic heterocycles. The fraction of sp³-hybridized carbons (Fsp3) is 0.692. The molecule has 96 valence electrons. The molecule has 0 aliphatic carbocycles. The molecule has 0 saturated carbocycles. The lowest BCUT2D eigenvalue weighted by molar-refractivity contribution is 0.151. The maximum Gasteiger partial charge on any atom is 0.0931 e. The fourth-order valence-electron chi connectivity index (χ4n) is 2.48. The highest BCUT2D eigenvalue weighted by Gasteiger charge is 2.24. The molecule has 0 spiro atoms. The van der Waals surface area contributed by atoms with Crippen LogP contribution in [0.1, 0.15) is 37.6 Å². The molecule has 1 aromatic heterocycles. The van der Waals surface area contributed by atoms with E-state index < -0.39 is 0 Å². The summed E-state index contributed by atoms with van der Waals surface area (Å²) in [6.07, 6.45) is 2.53. The molecule has 0 radical (unpaired) electrons. The standard InChI is InChI=1S/C13H21ClN2S/c1-3-4-11-9-16(8-7-15-11)10(2)12-5-6-13(14)17-12/h5-6,10-11,15H,3-4,7-9H2,1-2H3. The number of nitrogens with zero attached hydrogens (tertiary/aromatic N) is 1. The second kappa shape index (κ2) is 6.19. The molecule has 2 unspecified atom stereocenters. The summed E-state index contributed by atoms with van der Waals surface area (Å²) in [6.45, 7) is 7.94. The monoisotopic (exact) mass is 272 g/mol. The van der Waals surface area contributed by atoms with Crippen molar-refractivity contribution in [1.29, 1.82) is 0 Å². The largest absolute Gasteiger partial charge is 0.311 e. The Balaban J connectivity index is 1.97. The van der Waals surface area contributed by atoms with E-state index in [2.05, 4.69) is 30.1 Å². The van der Waals surface area contributed by atoms with Gasteiger partial charge in [-0.2, -0.15) is 0 Å². The van der Waals surface area contributed by atoms with E-state index in [-0.39, 0.29) is 0 Å². The van der Waals surface area contributed by atoms with Crippen LogP contribution in [0.4, 0.5) is 0 Å². The van der Waals surface area contributed by atoms with Crippen LogP contribution in [-0.2, 0) is 0 Å². The van der Waals surface area contributed by atoms with Gasteiger partial charge in [0.1, 0.15) is 0 Å². The van der Waals surface area contributed by atoms with Crippen LogP contribution < -0.4 is 5.32 Å². The van der Waals surface area contributed by atoms with Crippen LogP contribution in [0.5, 0.6) is 0 Å². The number of halogens is 1. The summed E-state index contributed by atoms with van der Waals surface area (Å²) in [5.74, 6) is 0. The van der Waals surface area contributed by atoms with Crippen molar-refractivity contribution in [2.75, 3.05) is 19.6 Å². The second-order valence-electron chi connectivity index (χ2n) is 4.75. The lowest BCUT2D eigenvalue weighted by atomic mass is 10.1. The Morgan fingerprint density at radius 3 is 3.06 bits per heavy atom. The normalized spacial score (nSPS) is 23.8. The molecule has 2 rings (SSSR count). The molecule has 0 amide bonds. The Morgan fingerprint density at radius 1 is 1.59 bits per heavy atom. The molecule has 2 heterocycles. The molecule has 1 N–H and O–H groups in total. The Bertz CT molecular complexity index is 351. The highest BCUT2D eigenvalue weighted by Crippen LogP contribution is 2.30. The topological polar surface area (TPSA) is 15.3 Å². The van der Waals surface area contributed by atoms with Crippen LogP contribution in [0.25, 0.3) is 0 Å². The average molecular weight is 273 g/mol. The van der Waals surface area contributed by atoms with Crippen molar-refractivity contribution in [3.63, 3.8) is 0 Å². The molecule has 1 aliphatic rings. The molecule has 0 aromatic carbocycles. The molecule has 1 fully saturated rings. The first kappa shape index (κ1) is 13.3. The Kier molecular flexibility index (Phi) is 4.86. The molecular weight excluding hydrogens is 252 g/mol. The van der Waals surface area contributed by atoms with E-state index in [1.165, 1.54) is 17.7 Å². The molecule has 0 bridgehead atoms. The summed E-state index contributed by atoms with van der Waals surface area (Å²) in [5, 5.41) is 3.60. The van der Waals surface area contributed by atoms with E-state index >= 15 is 0 Å². The van der Waals surface area contributed by atoms with Gasteiger partial charge < -0.3 is 5.32 Å². The summed E-state index contributed by atoms with van der Waals surface area (Å²) in [7, 11) is 0. The summed E-state index contributed by atoms with van der Waals surface area (Å²) >= 11 is 7.72. The van der Waals surface area contributed by atoms with Crippen LogP contribution in [-0.4, -0.2) is 30.6 Å². The second-order valence-corrected chi connectivity index (χ2v) is 6.50. The number of nitrogens with one attached hydrogen (secondary N) is 1. The van der Waals surface area contributed by atoms with Gasteiger partial charge in [-0.05, 0) is 25.5 Å². The minimum absolute atomic E-state index is 0.494. The van der Waals surface area contributed by atoms with Gasteiger partial charge in [0.2, 0.25) is 0 Å². The maximum absolute atomic E-state index is 6.01. The number of piperazine rings is 1. The van der Waals surface area contributed by atoms with Crippen LogP contribution in [0, 0.1) is 0 Å². The molecule has 1 aromatic rings. The SMILES string of the molecule is CCCC1CN(C(C)c2ccc(Cl)s2)CCN1. The molecule has 2 nitrogen and oxygen atoms in total. The van der Waals surface area contributed by atoms with Crippen molar-refractivity contribution in [2.45, 2.75) is 38.8 Å². The van der Waals surface area contributed by atoms with Gasteiger partial charge in [0.05, 0.1) is 4.34 Å². The van der Waals surface area contributed by atoms with Gasteiger partial charge in [-0.3, -0.25) is 4.90 Å². The van der Waals surface area contributed by atoms with Gasteiger partial charge in [-0.25, -0.2) is 0 Å². The van der Waals surface area contributed by atoms with Crippen molar-refractivity contribution in [3.05, 3.63) is 21.3 Å². The average Bonchev–Trinajstić information content (AvgIpc) is 2.76. The molecular formula is C13H21ClN2S. The van der Waals surface area contributed by atoms with Crippen molar-refractivity contribution >= 4 is 22.9 Å². The summed E-state index contributed by atoms with van der Waals surface area (Å²) in [4.78, 5) is 3.95. The number of hydrogen-bond donors (Lipinski definition) is 1. The number of rotatable bonds is 4. The fourth-order valence-corrected chi connectivity index (χ4v) is 3.62. The van der Waals surface area contributed by atoms with E-state index in [1.54, 1.807) is 11.3 Å². The summed E-state index contributed by atoms with van der Waals surface area (Å²) in [5.41, 5.74) is 0. The third-order valence-corrected chi connectivity index (χ3v) is 4.88. The minimum atomic E-state index is 0.494. The zero-order chi connectivity index (χ0) is 12.3. The first-order chi connectivity index (χ1) is 8.20. The van der Waals surface area contributed by atoms with Gasteiger partial charge in [0, 0.05) is 36.6 Å². The first-order valence-corrected chi connectivity index (χ1v) is 7.62. The lowest BCUT2D eigenvalue weighted by Gasteiger charge is -2.37. The van der Waals surface area contributed by atoms with Gasteiger partial charge in [0.15, 0.2) is 0 Å². The summed E-state index contributed by atoms with van der Waals surface area (Å²) in [6, 6.07) is 5.32. The Hall–Kier alpha value is -0.0900. The van der Waals surface area contributed by atoms with E-state index in [0.717, 1.165) is 24.0 Å². The van der Waals surface area contributed by atoms with Crippen molar-refractivity contribution in [2.24, 2.45) is 0 Å². The van der Waals surface area contributed by atoms with E-state index in [9.17, 15) is 0 Å². The highest BCUT2D eigenvalue weighted by atomic mass is 35.5. The zero-order valence-corrected chi connectivity index (χ0v) is 12.2. The zero-order valence-electron chi connectivity index (χ0n) is 10.6. The maximum atomic E-state index is 6.01. The smallest absolute Gasteiger partial charge is 0.0931 e. The molecule has 1 saturated heterocycles. The van der Waals surface area contributed by atoms with E-state index in [0.29, 0.717) is 12.1 Å². The highest BCUT2D eigenvalue weighted by molar-refractivity contribution is 7.16.